The summed E-state index contributed by atoms with van der Waals surface area (Å²) in [6, 6.07) is 21.1. The van der Waals surface area contributed by atoms with Crippen LogP contribution in [0.5, 0.6) is 0 Å². The zero-order valence-electron chi connectivity index (χ0n) is 17.3. The van der Waals surface area contributed by atoms with Crippen molar-refractivity contribution in [3.63, 3.8) is 0 Å². The zero-order chi connectivity index (χ0) is 22.2. The number of amides is 1. The molecule has 0 aliphatic carbocycles. The van der Waals surface area contributed by atoms with Gasteiger partial charge < -0.3 is 18.6 Å². The number of benzene rings is 2. The minimum absolute atomic E-state index is 0.0242. The van der Waals surface area contributed by atoms with Gasteiger partial charge in [0.1, 0.15) is 12.4 Å². The van der Waals surface area contributed by atoms with Gasteiger partial charge in [0.25, 0.3) is 0 Å². The molecule has 32 heavy (non-hydrogen) atoms. The van der Waals surface area contributed by atoms with Crippen molar-refractivity contribution in [2.24, 2.45) is 0 Å². The average molecular weight is 496 g/mol. The number of ether oxygens (including phenoxy) is 1. The Hall–Kier alpha value is -3.23. The lowest BCUT2D eigenvalue weighted by Crippen LogP contribution is -2.35. The second kappa shape index (κ2) is 10.9. The lowest BCUT2D eigenvalue weighted by Gasteiger charge is -2.21. The maximum Gasteiger partial charge on any atom is 0.249 e. The Balaban J connectivity index is 1.36. The van der Waals surface area contributed by atoms with E-state index in [1.54, 1.807) is 17.2 Å². The summed E-state index contributed by atoms with van der Waals surface area (Å²) in [4.78, 5) is 19.0. The van der Waals surface area contributed by atoms with Gasteiger partial charge in [-0.3, -0.25) is 4.79 Å². The summed E-state index contributed by atoms with van der Waals surface area (Å²) in [5.41, 5.74) is 1.88. The Morgan fingerprint density at radius 1 is 1.03 bits per heavy atom. The van der Waals surface area contributed by atoms with Crippen molar-refractivity contribution in [1.82, 2.24) is 15.0 Å². The van der Waals surface area contributed by atoms with Gasteiger partial charge in [-0.25, -0.2) is 0 Å². The van der Waals surface area contributed by atoms with Crippen LogP contribution in [-0.4, -0.2) is 34.1 Å². The highest BCUT2D eigenvalue weighted by Crippen LogP contribution is 2.19. The van der Waals surface area contributed by atoms with Gasteiger partial charge in [-0.15, -0.1) is 0 Å². The molecule has 7 nitrogen and oxygen atoms in total. The van der Waals surface area contributed by atoms with Crippen LogP contribution in [0.4, 0.5) is 0 Å². The predicted octanol–water partition coefficient (Wildman–Crippen LogP) is 4.88. The number of nitrogens with zero attached hydrogens (tertiary/aromatic N) is 3. The third-order valence-electron chi connectivity index (χ3n) is 4.78. The van der Waals surface area contributed by atoms with E-state index in [9.17, 15) is 4.79 Å². The molecule has 1 amide bonds. The van der Waals surface area contributed by atoms with Gasteiger partial charge in [0.2, 0.25) is 17.6 Å². The largest absolute Gasteiger partial charge is 0.467 e. The SMILES string of the molecule is O=C(COCc1ccccc1)N(CCc1nc(-c2ccc(Br)cc2)no1)Cc1ccco1. The van der Waals surface area contributed by atoms with Crippen LogP contribution >= 0.6 is 15.9 Å². The Kier molecular flexibility index (Phi) is 7.47. The van der Waals surface area contributed by atoms with Crippen LogP contribution in [0.25, 0.3) is 11.4 Å². The Bertz CT molecular complexity index is 1110. The van der Waals surface area contributed by atoms with E-state index >= 15 is 0 Å². The Labute approximate surface area is 194 Å². The van der Waals surface area contributed by atoms with E-state index in [1.165, 1.54) is 0 Å². The highest BCUT2D eigenvalue weighted by atomic mass is 79.9. The fourth-order valence-electron chi connectivity index (χ4n) is 3.11. The van der Waals surface area contributed by atoms with Crippen LogP contribution in [0.1, 0.15) is 17.2 Å². The lowest BCUT2D eigenvalue weighted by molar-refractivity contribution is -0.137. The van der Waals surface area contributed by atoms with Crippen LogP contribution in [-0.2, 0) is 29.1 Å². The van der Waals surface area contributed by atoms with E-state index in [1.807, 2.05) is 60.7 Å². The molecule has 0 bridgehead atoms. The molecular formula is C24H22BrN3O4. The van der Waals surface area contributed by atoms with Gasteiger partial charge in [0.15, 0.2) is 0 Å². The molecule has 2 aromatic heterocycles. The summed E-state index contributed by atoms with van der Waals surface area (Å²) in [6.07, 6.45) is 2.01. The molecule has 0 fully saturated rings. The van der Waals surface area contributed by atoms with Crippen molar-refractivity contribution in [1.29, 1.82) is 0 Å². The topological polar surface area (TPSA) is 81.6 Å². The molecule has 0 saturated heterocycles. The second-order valence-corrected chi connectivity index (χ2v) is 8.06. The number of halogens is 1. The van der Waals surface area contributed by atoms with Crippen LogP contribution in [0.3, 0.4) is 0 Å². The molecule has 0 saturated carbocycles. The Morgan fingerprint density at radius 3 is 2.59 bits per heavy atom. The predicted molar refractivity (Wildman–Crippen MR) is 121 cm³/mol. The minimum Gasteiger partial charge on any atom is -0.467 e. The molecule has 2 aromatic carbocycles. The summed E-state index contributed by atoms with van der Waals surface area (Å²) in [6.45, 7) is 1.09. The summed E-state index contributed by atoms with van der Waals surface area (Å²) in [5.74, 6) is 1.54. The molecule has 2 heterocycles. The highest BCUT2D eigenvalue weighted by molar-refractivity contribution is 9.10. The first-order valence-electron chi connectivity index (χ1n) is 10.2. The summed E-state index contributed by atoms with van der Waals surface area (Å²) >= 11 is 3.41. The number of carbonyl (C=O) groups excluding carboxylic acids is 1. The lowest BCUT2D eigenvalue weighted by atomic mass is 10.2. The van der Waals surface area contributed by atoms with E-state index in [0.717, 1.165) is 15.6 Å². The normalized spacial score (nSPS) is 10.9. The van der Waals surface area contributed by atoms with E-state index in [4.69, 9.17) is 13.7 Å². The van der Waals surface area contributed by atoms with Crippen molar-refractivity contribution < 1.29 is 18.5 Å². The van der Waals surface area contributed by atoms with Crippen molar-refractivity contribution >= 4 is 21.8 Å². The number of hydrogen-bond acceptors (Lipinski definition) is 6. The van der Waals surface area contributed by atoms with Crippen LogP contribution in [0.2, 0.25) is 0 Å². The smallest absolute Gasteiger partial charge is 0.249 e. The quantitative estimate of drug-likeness (QED) is 0.311. The Morgan fingerprint density at radius 2 is 1.84 bits per heavy atom. The van der Waals surface area contributed by atoms with Crippen LogP contribution < -0.4 is 0 Å². The number of rotatable bonds is 10. The number of carbonyl (C=O) groups is 1. The van der Waals surface area contributed by atoms with Crippen molar-refractivity contribution in [2.45, 2.75) is 19.6 Å². The average Bonchev–Trinajstić information content (AvgIpc) is 3.50. The van der Waals surface area contributed by atoms with E-state index < -0.39 is 0 Å². The van der Waals surface area contributed by atoms with E-state index in [2.05, 4.69) is 26.1 Å². The zero-order valence-corrected chi connectivity index (χ0v) is 18.9. The molecule has 0 N–H and O–H groups in total. The fraction of sp³-hybridized carbons (Fsp3) is 0.208. The summed E-state index contributed by atoms with van der Waals surface area (Å²) < 4.78 is 17.4. The fourth-order valence-corrected chi connectivity index (χ4v) is 3.37. The maximum absolute atomic E-state index is 12.8. The standard InChI is InChI=1S/C24H22BrN3O4/c25-20-10-8-19(9-11-20)24-26-22(32-27-24)12-13-28(15-21-7-4-14-31-21)23(29)17-30-16-18-5-2-1-3-6-18/h1-11,14H,12-13,15-17H2. The third-order valence-corrected chi connectivity index (χ3v) is 5.31. The van der Waals surface area contributed by atoms with Gasteiger partial charge in [-0.05, 0) is 42.0 Å². The molecule has 4 aromatic rings. The first-order chi connectivity index (χ1) is 15.7. The van der Waals surface area contributed by atoms with Crippen molar-refractivity contribution in [3.05, 3.63) is 94.7 Å². The number of hydrogen-bond donors (Lipinski definition) is 0. The van der Waals surface area contributed by atoms with E-state index in [0.29, 0.717) is 43.6 Å². The van der Waals surface area contributed by atoms with Crippen LogP contribution in [0.15, 0.2) is 86.4 Å². The van der Waals surface area contributed by atoms with Gasteiger partial charge in [-0.1, -0.05) is 51.4 Å². The first-order valence-corrected chi connectivity index (χ1v) is 11.0. The summed E-state index contributed by atoms with van der Waals surface area (Å²) in [5, 5.41) is 4.05. The molecule has 0 unspecified atom stereocenters. The third kappa shape index (κ3) is 6.15. The van der Waals surface area contributed by atoms with E-state index in [-0.39, 0.29) is 12.5 Å². The van der Waals surface area contributed by atoms with Gasteiger partial charge in [-0.2, -0.15) is 4.98 Å². The van der Waals surface area contributed by atoms with Crippen molar-refractivity contribution in [3.8, 4) is 11.4 Å². The number of furan rings is 1. The first kappa shape index (κ1) is 22.0. The molecule has 4 rings (SSSR count). The van der Waals surface area contributed by atoms with Gasteiger partial charge >= 0.3 is 0 Å². The monoisotopic (exact) mass is 495 g/mol. The maximum atomic E-state index is 12.8. The molecule has 8 heteroatoms. The molecule has 164 valence electrons. The second-order valence-electron chi connectivity index (χ2n) is 7.14. The molecule has 0 atom stereocenters. The molecule has 0 spiro atoms. The van der Waals surface area contributed by atoms with Crippen LogP contribution in [0, 0.1) is 0 Å². The molecule has 0 radical (unpaired) electrons. The minimum atomic E-state index is -0.134. The summed E-state index contributed by atoms with van der Waals surface area (Å²) in [7, 11) is 0. The van der Waals surface area contributed by atoms with Gasteiger partial charge in [0.05, 0.1) is 19.4 Å². The number of aromatic nitrogens is 2. The molecule has 0 aliphatic heterocycles. The van der Waals surface area contributed by atoms with Crippen molar-refractivity contribution in [2.75, 3.05) is 13.2 Å². The molecule has 0 aliphatic rings. The highest BCUT2D eigenvalue weighted by Gasteiger charge is 2.18. The molecular weight excluding hydrogens is 474 g/mol. The van der Waals surface area contributed by atoms with Gasteiger partial charge in [0, 0.05) is 23.0 Å².